The van der Waals surface area contributed by atoms with Gasteiger partial charge >= 0.3 is 0 Å². The van der Waals surface area contributed by atoms with Gasteiger partial charge in [0, 0.05) is 6.04 Å². The van der Waals surface area contributed by atoms with E-state index in [1.54, 1.807) is 23.1 Å². The second-order valence-corrected chi connectivity index (χ2v) is 10.8. The lowest BCUT2D eigenvalue weighted by atomic mass is 9.94. The number of aliphatic imine (C=N–C) groups is 1. The van der Waals surface area contributed by atoms with Crippen LogP contribution in [-0.4, -0.2) is 28.6 Å². The molecule has 3 aromatic rings. The summed E-state index contributed by atoms with van der Waals surface area (Å²) in [5.74, 6) is 0.789. The molecule has 0 spiro atoms. The summed E-state index contributed by atoms with van der Waals surface area (Å²) in [6.07, 6.45) is 7.04. The van der Waals surface area contributed by atoms with Crippen molar-refractivity contribution in [3.8, 4) is 11.5 Å². The van der Waals surface area contributed by atoms with Crippen molar-refractivity contribution in [1.82, 2.24) is 4.90 Å². The summed E-state index contributed by atoms with van der Waals surface area (Å²) in [7, 11) is 0. The molecule has 7 heteroatoms. The van der Waals surface area contributed by atoms with Crippen LogP contribution in [0.4, 0.5) is 10.1 Å². The number of rotatable bonds is 8. The van der Waals surface area contributed by atoms with Crippen LogP contribution in [0.15, 0.2) is 76.6 Å². The zero-order valence-electron chi connectivity index (χ0n) is 22.4. The van der Waals surface area contributed by atoms with E-state index in [0.717, 1.165) is 36.8 Å². The lowest BCUT2D eigenvalue weighted by molar-refractivity contribution is -0.124. The number of hydrogen-bond donors (Lipinski definition) is 0. The van der Waals surface area contributed by atoms with Gasteiger partial charge in [0.2, 0.25) is 0 Å². The van der Waals surface area contributed by atoms with Crippen molar-refractivity contribution in [2.75, 3.05) is 6.61 Å². The average molecular weight is 545 g/mol. The van der Waals surface area contributed by atoms with Crippen LogP contribution in [-0.2, 0) is 11.4 Å². The molecule has 1 heterocycles. The van der Waals surface area contributed by atoms with Crippen LogP contribution < -0.4 is 9.47 Å². The molecule has 0 N–H and O–H groups in total. The molecule has 2 fully saturated rings. The largest absolute Gasteiger partial charge is 0.490 e. The van der Waals surface area contributed by atoms with Gasteiger partial charge in [0.05, 0.1) is 11.5 Å². The molecule has 5 rings (SSSR count). The number of amidine groups is 1. The number of amides is 1. The third kappa shape index (κ3) is 6.53. The molecular formula is C32H33FN2O3S. The molecule has 0 unspecified atom stereocenters. The van der Waals surface area contributed by atoms with E-state index in [4.69, 9.17) is 9.47 Å². The normalized spacial score (nSPS) is 18.2. The zero-order chi connectivity index (χ0) is 27.2. The summed E-state index contributed by atoms with van der Waals surface area (Å²) in [5.41, 5.74) is 3.33. The summed E-state index contributed by atoms with van der Waals surface area (Å²) >= 11 is 1.30. The van der Waals surface area contributed by atoms with E-state index in [0.29, 0.717) is 34.8 Å². The average Bonchev–Trinajstić information content (AvgIpc) is 3.24. The molecule has 3 aromatic carbocycles. The van der Waals surface area contributed by atoms with Crippen LogP contribution in [0.5, 0.6) is 11.5 Å². The maximum atomic E-state index is 14.4. The topological polar surface area (TPSA) is 51.1 Å². The summed E-state index contributed by atoms with van der Waals surface area (Å²) < 4.78 is 26.4. The molecular weight excluding hydrogens is 511 g/mol. The highest BCUT2D eigenvalue weighted by Crippen LogP contribution is 2.39. The van der Waals surface area contributed by atoms with Crippen LogP contribution in [0.1, 0.15) is 55.7 Å². The molecule has 0 atom stereocenters. The maximum absolute atomic E-state index is 14.4. The van der Waals surface area contributed by atoms with E-state index in [1.807, 2.05) is 43.3 Å². The first kappa shape index (κ1) is 27.0. The first-order valence-corrected chi connectivity index (χ1v) is 14.3. The molecule has 5 nitrogen and oxygen atoms in total. The van der Waals surface area contributed by atoms with E-state index in [1.165, 1.54) is 29.8 Å². The number of hydrogen-bond acceptors (Lipinski definition) is 5. The van der Waals surface area contributed by atoms with Gasteiger partial charge in [-0.2, -0.15) is 0 Å². The molecule has 2 aliphatic rings. The highest BCUT2D eigenvalue weighted by Gasteiger charge is 2.38. The Morgan fingerprint density at radius 1 is 1.00 bits per heavy atom. The number of carbonyl (C=O) groups excluding carboxylic acids is 1. The Morgan fingerprint density at radius 3 is 2.59 bits per heavy atom. The van der Waals surface area contributed by atoms with Crippen LogP contribution in [0.25, 0.3) is 6.08 Å². The third-order valence-electron chi connectivity index (χ3n) is 6.89. The number of para-hydroxylation sites is 1. The van der Waals surface area contributed by atoms with Gasteiger partial charge in [0.1, 0.15) is 18.1 Å². The van der Waals surface area contributed by atoms with Gasteiger partial charge < -0.3 is 9.47 Å². The molecule has 0 aromatic heterocycles. The number of ether oxygens (including phenoxy) is 2. The fourth-order valence-corrected chi connectivity index (χ4v) is 6.04. The Balaban J connectivity index is 1.42. The minimum absolute atomic E-state index is 0.0755. The quantitative estimate of drug-likeness (QED) is 0.269. The lowest BCUT2D eigenvalue weighted by Gasteiger charge is -2.30. The minimum atomic E-state index is -0.401. The fraction of sp³-hybridized carbons (Fsp3) is 0.312. The minimum Gasteiger partial charge on any atom is -0.490 e. The van der Waals surface area contributed by atoms with Gasteiger partial charge in [-0.05, 0) is 79.9 Å². The summed E-state index contributed by atoms with van der Waals surface area (Å²) in [5, 5.41) is 0.534. The van der Waals surface area contributed by atoms with Crippen molar-refractivity contribution in [1.29, 1.82) is 0 Å². The van der Waals surface area contributed by atoms with Crippen molar-refractivity contribution >= 4 is 34.6 Å². The number of benzene rings is 3. The predicted molar refractivity (Wildman–Crippen MR) is 156 cm³/mol. The molecule has 1 saturated carbocycles. The predicted octanol–water partition coefficient (Wildman–Crippen LogP) is 8.05. The molecule has 202 valence electrons. The van der Waals surface area contributed by atoms with E-state index >= 15 is 0 Å². The van der Waals surface area contributed by atoms with Crippen molar-refractivity contribution in [2.45, 2.75) is 58.6 Å². The van der Waals surface area contributed by atoms with Crippen molar-refractivity contribution < 1.29 is 18.7 Å². The van der Waals surface area contributed by atoms with Crippen molar-refractivity contribution in [3.05, 3.63) is 94.1 Å². The molecule has 1 saturated heterocycles. The lowest BCUT2D eigenvalue weighted by Crippen LogP contribution is -2.40. The molecule has 1 amide bonds. The van der Waals surface area contributed by atoms with E-state index in [9.17, 15) is 9.18 Å². The van der Waals surface area contributed by atoms with Crippen LogP contribution in [0.3, 0.4) is 0 Å². The van der Waals surface area contributed by atoms with Gasteiger partial charge in [0.15, 0.2) is 16.7 Å². The van der Waals surface area contributed by atoms with Gasteiger partial charge in [-0.3, -0.25) is 9.69 Å². The SMILES string of the molecule is CCOc1cc(/C=C2\SC(=Nc3ccccc3F)N(C3CCCCC3)C2=O)ccc1OCc1cccc(C)c1. The molecule has 0 radical (unpaired) electrons. The fourth-order valence-electron chi connectivity index (χ4n) is 4.99. The Bertz CT molecular complexity index is 1400. The molecule has 0 bridgehead atoms. The molecule has 39 heavy (non-hydrogen) atoms. The zero-order valence-corrected chi connectivity index (χ0v) is 23.2. The number of nitrogens with zero attached hydrogens (tertiary/aromatic N) is 2. The number of thioether (sulfide) groups is 1. The second-order valence-electron chi connectivity index (χ2n) is 9.84. The third-order valence-corrected chi connectivity index (χ3v) is 7.87. The first-order valence-electron chi connectivity index (χ1n) is 13.5. The number of aryl methyl sites for hydroxylation is 1. The Hall–Kier alpha value is -3.58. The Morgan fingerprint density at radius 2 is 1.82 bits per heavy atom. The first-order chi connectivity index (χ1) is 19.0. The second kappa shape index (κ2) is 12.5. The van der Waals surface area contributed by atoms with Crippen LogP contribution >= 0.6 is 11.8 Å². The standard InChI is InChI=1S/C32H33FN2O3S/c1-3-37-29-19-23(16-17-28(29)38-21-24-11-9-10-22(2)18-24)20-30-31(36)35(25-12-5-4-6-13-25)32(39-30)34-27-15-8-7-14-26(27)33/h7-11,14-20,25H,3-6,12-13,21H2,1-2H3/b30-20-,34-32?. The van der Waals surface area contributed by atoms with Crippen LogP contribution in [0, 0.1) is 12.7 Å². The van der Waals surface area contributed by atoms with E-state index in [2.05, 4.69) is 24.0 Å². The smallest absolute Gasteiger partial charge is 0.267 e. The Labute approximate surface area is 233 Å². The number of carbonyl (C=O) groups is 1. The maximum Gasteiger partial charge on any atom is 0.267 e. The summed E-state index contributed by atoms with van der Waals surface area (Å²) in [6.45, 7) is 4.91. The number of halogens is 1. The van der Waals surface area contributed by atoms with Gasteiger partial charge in [0.25, 0.3) is 5.91 Å². The highest BCUT2D eigenvalue weighted by atomic mass is 32.2. The van der Waals surface area contributed by atoms with Crippen molar-refractivity contribution in [2.24, 2.45) is 4.99 Å². The Kier molecular flexibility index (Phi) is 8.67. The van der Waals surface area contributed by atoms with E-state index < -0.39 is 5.82 Å². The van der Waals surface area contributed by atoms with Crippen LogP contribution in [0.2, 0.25) is 0 Å². The van der Waals surface area contributed by atoms with Gasteiger partial charge in [-0.15, -0.1) is 0 Å². The van der Waals surface area contributed by atoms with E-state index in [-0.39, 0.29) is 17.6 Å². The summed E-state index contributed by atoms with van der Waals surface area (Å²) in [4.78, 5) is 20.6. The van der Waals surface area contributed by atoms with Crippen molar-refractivity contribution in [3.63, 3.8) is 0 Å². The monoisotopic (exact) mass is 544 g/mol. The van der Waals surface area contributed by atoms with Gasteiger partial charge in [-0.25, -0.2) is 9.38 Å². The highest BCUT2D eigenvalue weighted by molar-refractivity contribution is 8.18. The summed E-state index contributed by atoms with van der Waals surface area (Å²) in [6, 6.07) is 20.4. The molecule has 1 aliphatic heterocycles. The van der Waals surface area contributed by atoms with Gasteiger partial charge in [-0.1, -0.05) is 67.3 Å². The molecule has 1 aliphatic carbocycles.